The first-order valence-corrected chi connectivity index (χ1v) is 4.49. The van der Waals surface area contributed by atoms with Gasteiger partial charge in [0.1, 0.15) is 0 Å². The molecule has 1 rings (SSSR count). The second-order valence-electron chi connectivity index (χ2n) is 3.99. The molecule has 1 aliphatic carbocycles. The first-order valence-electron chi connectivity index (χ1n) is 4.49. The van der Waals surface area contributed by atoms with Gasteiger partial charge < -0.3 is 5.73 Å². The predicted octanol–water partition coefficient (Wildman–Crippen LogP) is 2.16. The van der Waals surface area contributed by atoms with Crippen LogP contribution in [0.5, 0.6) is 0 Å². The van der Waals surface area contributed by atoms with Crippen LogP contribution in [0, 0.1) is 5.41 Å². The highest BCUT2D eigenvalue weighted by molar-refractivity contribution is 5.89. The molecule has 0 radical (unpaired) electrons. The van der Waals surface area contributed by atoms with Crippen LogP contribution in [-0.2, 0) is 4.79 Å². The van der Waals surface area contributed by atoms with Crippen LogP contribution in [0.15, 0.2) is 22.3 Å². The molecule has 0 bridgehead atoms. The summed E-state index contributed by atoms with van der Waals surface area (Å²) in [6.07, 6.45) is 0. The van der Waals surface area contributed by atoms with Gasteiger partial charge in [-0.05, 0) is 45.8 Å². The molecule has 0 saturated carbocycles. The van der Waals surface area contributed by atoms with E-state index in [-0.39, 0.29) is 5.91 Å². The number of primary amides is 1. The largest absolute Gasteiger partial charge is 0.369 e. The third kappa shape index (κ3) is 1.05. The minimum absolute atomic E-state index is 0.251. The second kappa shape index (κ2) is 2.72. The second-order valence-corrected chi connectivity index (χ2v) is 3.99. The summed E-state index contributed by atoms with van der Waals surface area (Å²) in [5.41, 5.74) is 9.48. The molecule has 2 nitrogen and oxygen atoms in total. The standard InChI is InChI=1S/C11H17NO/c1-6-7(2)9(4)11(5,8(6)3)10(12)13/h1-5H3,(H2,12,13). The molecule has 0 aromatic heterocycles. The van der Waals surface area contributed by atoms with E-state index in [0.29, 0.717) is 0 Å². The Morgan fingerprint density at radius 3 is 1.54 bits per heavy atom. The summed E-state index contributed by atoms with van der Waals surface area (Å²) in [5.74, 6) is -0.251. The van der Waals surface area contributed by atoms with Crippen molar-refractivity contribution in [1.82, 2.24) is 0 Å². The van der Waals surface area contributed by atoms with E-state index in [1.807, 2.05) is 34.6 Å². The molecule has 2 N–H and O–H groups in total. The van der Waals surface area contributed by atoms with Gasteiger partial charge in [0.2, 0.25) is 5.91 Å². The third-order valence-electron chi connectivity index (χ3n) is 3.68. The van der Waals surface area contributed by atoms with Crippen molar-refractivity contribution >= 4 is 5.91 Å². The van der Waals surface area contributed by atoms with Crippen molar-refractivity contribution in [1.29, 1.82) is 0 Å². The Balaban J connectivity index is 3.39. The number of amides is 1. The normalized spacial score (nSPS) is 21.3. The van der Waals surface area contributed by atoms with Crippen molar-refractivity contribution in [2.75, 3.05) is 0 Å². The highest BCUT2D eigenvalue weighted by Gasteiger charge is 2.41. The average Bonchev–Trinajstić information content (AvgIpc) is 2.22. The fraction of sp³-hybridized carbons (Fsp3) is 0.545. The maximum Gasteiger partial charge on any atom is 0.231 e. The summed E-state index contributed by atoms with van der Waals surface area (Å²) >= 11 is 0. The highest BCUT2D eigenvalue weighted by Crippen LogP contribution is 2.45. The zero-order valence-corrected chi connectivity index (χ0v) is 8.99. The van der Waals surface area contributed by atoms with E-state index in [1.165, 1.54) is 11.1 Å². The van der Waals surface area contributed by atoms with Gasteiger partial charge in [0.25, 0.3) is 0 Å². The first-order chi connectivity index (χ1) is 5.83. The number of carbonyl (C=O) groups is 1. The fourth-order valence-electron chi connectivity index (χ4n) is 1.96. The van der Waals surface area contributed by atoms with E-state index in [2.05, 4.69) is 0 Å². The number of nitrogens with two attached hydrogens (primary N) is 1. The van der Waals surface area contributed by atoms with Crippen LogP contribution in [0.25, 0.3) is 0 Å². The lowest BCUT2D eigenvalue weighted by Crippen LogP contribution is -2.35. The Hall–Kier alpha value is -1.05. The number of allylic oxidation sites excluding steroid dienone is 2. The Labute approximate surface area is 79.5 Å². The molecule has 13 heavy (non-hydrogen) atoms. The van der Waals surface area contributed by atoms with Crippen molar-refractivity contribution in [2.24, 2.45) is 11.1 Å². The number of rotatable bonds is 1. The molecule has 2 heteroatoms. The van der Waals surface area contributed by atoms with Gasteiger partial charge in [0.15, 0.2) is 0 Å². The maximum absolute atomic E-state index is 11.4. The predicted molar refractivity (Wildman–Crippen MR) is 54.0 cm³/mol. The minimum Gasteiger partial charge on any atom is -0.369 e. The van der Waals surface area contributed by atoms with Crippen LogP contribution in [-0.4, -0.2) is 5.91 Å². The van der Waals surface area contributed by atoms with E-state index in [9.17, 15) is 4.79 Å². The minimum atomic E-state index is -0.547. The van der Waals surface area contributed by atoms with Gasteiger partial charge in [-0.15, -0.1) is 0 Å². The van der Waals surface area contributed by atoms with Crippen LogP contribution in [0.4, 0.5) is 0 Å². The SMILES string of the molecule is CC1=C(C)C(C)(C(N)=O)C(C)=C1C. The zero-order chi connectivity index (χ0) is 10.4. The Bertz CT molecular complexity index is 310. The van der Waals surface area contributed by atoms with E-state index < -0.39 is 5.41 Å². The van der Waals surface area contributed by atoms with Crippen LogP contribution in [0.2, 0.25) is 0 Å². The van der Waals surface area contributed by atoms with Crippen LogP contribution < -0.4 is 5.73 Å². The molecule has 72 valence electrons. The van der Waals surface area contributed by atoms with Gasteiger partial charge in [-0.3, -0.25) is 4.79 Å². The molecule has 1 aliphatic rings. The summed E-state index contributed by atoms with van der Waals surface area (Å²) in [6.45, 7) is 9.96. The molecule has 0 aliphatic heterocycles. The number of carbonyl (C=O) groups excluding carboxylic acids is 1. The van der Waals surface area contributed by atoms with Crippen molar-refractivity contribution in [3.8, 4) is 0 Å². The molecule has 0 unspecified atom stereocenters. The molecular formula is C11H17NO. The van der Waals surface area contributed by atoms with Gasteiger partial charge in [-0.2, -0.15) is 0 Å². The van der Waals surface area contributed by atoms with Gasteiger partial charge >= 0.3 is 0 Å². The van der Waals surface area contributed by atoms with Crippen LogP contribution in [0.3, 0.4) is 0 Å². The summed E-state index contributed by atoms with van der Waals surface area (Å²) in [7, 11) is 0. The van der Waals surface area contributed by atoms with E-state index >= 15 is 0 Å². The Morgan fingerprint density at radius 2 is 1.38 bits per heavy atom. The quantitative estimate of drug-likeness (QED) is 0.658. The lowest BCUT2D eigenvalue weighted by Gasteiger charge is -2.24. The van der Waals surface area contributed by atoms with E-state index in [1.54, 1.807) is 0 Å². The molecule has 0 spiro atoms. The van der Waals surface area contributed by atoms with Gasteiger partial charge in [-0.25, -0.2) is 0 Å². The lowest BCUT2D eigenvalue weighted by molar-refractivity contribution is -0.123. The molecule has 0 aromatic rings. The van der Waals surface area contributed by atoms with Gasteiger partial charge in [0.05, 0.1) is 5.41 Å². The first kappa shape index (κ1) is 10.0. The molecular weight excluding hydrogens is 162 g/mol. The molecule has 1 amide bonds. The third-order valence-corrected chi connectivity index (χ3v) is 3.68. The Morgan fingerprint density at radius 1 is 1.08 bits per heavy atom. The van der Waals surface area contributed by atoms with E-state index in [4.69, 9.17) is 5.73 Å². The van der Waals surface area contributed by atoms with Crippen molar-refractivity contribution in [3.05, 3.63) is 22.3 Å². The molecule has 0 fully saturated rings. The lowest BCUT2D eigenvalue weighted by atomic mass is 9.79. The monoisotopic (exact) mass is 179 g/mol. The van der Waals surface area contributed by atoms with Crippen molar-refractivity contribution in [3.63, 3.8) is 0 Å². The average molecular weight is 179 g/mol. The van der Waals surface area contributed by atoms with Crippen LogP contribution in [0.1, 0.15) is 34.6 Å². The smallest absolute Gasteiger partial charge is 0.231 e. The van der Waals surface area contributed by atoms with Gasteiger partial charge in [-0.1, -0.05) is 11.1 Å². The highest BCUT2D eigenvalue weighted by atomic mass is 16.1. The van der Waals surface area contributed by atoms with Crippen molar-refractivity contribution < 1.29 is 4.79 Å². The summed E-state index contributed by atoms with van der Waals surface area (Å²) in [5, 5.41) is 0. The van der Waals surface area contributed by atoms with Crippen LogP contribution >= 0.6 is 0 Å². The fourth-order valence-corrected chi connectivity index (χ4v) is 1.96. The zero-order valence-electron chi connectivity index (χ0n) is 8.99. The van der Waals surface area contributed by atoms with Gasteiger partial charge in [0, 0.05) is 0 Å². The van der Waals surface area contributed by atoms with E-state index in [0.717, 1.165) is 11.1 Å². The molecule has 0 saturated heterocycles. The summed E-state index contributed by atoms with van der Waals surface area (Å²) in [4.78, 5) is 11.4. The summed E-state index contributed by atoms with van der Waals surface area (Å²) < 4.78 is 0. The molecule has 0 atom stereocenters. The number of hydrogen-bond donors (Lipinski definition) is 1. The Kier molecular flexibility index (Phi) is 2.10. The molecule has 0 aromatic carbocycles. The topological polar surface area (TPSA) is 43.1 Å². The number of hydrogen-bond acceptors (Lipinski definition) is 1. The summed E-state index contributed by atoms with van der Waals surface area (Å²) in [6, 6.07) is 0. The maximum atomic E-state index is 11.4. The van der Waals surface area contributed by atoms with Crippen molar-refractivity contribution in [2.45, 2.75) is 34.6 Å². The molecule has 0 heterocycles.